The second-order valence-corrected chi connectivity index (χ2v) is 10.1. The van der Waals surface area contributed by atoms with E-state index >= 15 is 0 Å². The van der Waals surface area contributed by atoms with Crippen LogP contribution in [0.5, 0.6) is 0 Å². The third kappa shape index (κ3) is 2.98. The molecular formula is C14H27IN2. The first-order valence-electron chi connectivity index (χ1n) is 6.82. The summed E-state index contributed by atoms with van der Waals surface area (Å²) in [6.07, 6.45) is 2.79. The van der Waals surface area contributed by atoms with Gasteiger partial charge in [-0.05, 0) is 66.0 Å². The highest BCUT2D eigenvalue weighted by Gasteiger charge is 2.49. The predicted octanol–water partition coefficient (Wildman–Crippen LogP) is 3.35. The van der Waals surface area contributed by atoms with Crippen LogP contribution >= 0.6 is 22.6 Å². The topological polar surface area (TPSA) is 6.48 Å². The van der Waals surface area contributed by atoms with E-state index in [2.05, 4.69) is 67.0 Å². The van der Waals surface area contributed by atoms with Crippen molar-refractivity contribution in [2.45, 2.75) is 56.5 Å². The minimum Gasteiger partial charge on any atom is -0.298 e. The summed E-state index contributed by atoms with van der Waals surface area (Å²) >= 11 is 2.57. The summed E-state index contributed by atoms with van der Waals surface area (Å²) in [5.41, 5.74) is 1.01. The first-order valence-corrected chi connectivity index (χ1v) is 7.89. The fourth-order valence-corrected chi connectivity index (χ4v) is 3.45. The Hall–Kier alpha value is 0.650. The Balaban J connectivity index is 1.86. The van der Waals surface area contributed by atoms with E-state index in [1.807, 2.05) is 0 Å². The first kappa shape index (κ1) is 14.1. The molecule has 2 aliphatic rings. The molecule has 0 unspecified atom stereocenters. The van der Waals surface area contributed by atoms with Gasteiger partial charge in [0.2, 0.25) is 0 Å². The number of nitrogens with zero attached hydrogens (tertiary/aromatic N) is 2. The van der Waals surface area contributed by atoms with Gasteiger partial charge in [-0.2, -0.15) is 0 Å². The lowest BCUT2D eigenvalue weighted by atomic mass is 9.71. The minimum atomic E-state index is 0.337. The molecule has 2 rings (SSSR count). The van der Waals surface area contributed by atoms with Gasteiger partial charge in [-0.3, -0.25) is 9.80 Å². The van der Waals surface area contributed by atoms with Gasteiger partial charge in [0.05, 0.1) is 3.55 Å². The van der Waals surface area contributed by atoms with Gasteiger partial charge < -0.3 is 0 Å². The normalized spacial score (nSPS) is 27.2. The van der Waals surface area contributed by atoms with Crippen LogP contribution in [0.15, 0.2) is 0 Å². The quantitative estimate of drug-likeness (QED) is 0.407. The Morgan fingerprint density at radius 3 is 1.71 bits per heavy atom. The Kier molecular flexibility index (Phi) is 3.59. The average molecular weight is 350 g/mol. The maximum atomic E-state index is 2.65. The van der Waals surface area contributed by atoms with Crippen molar-refractivity contribution in [3.05, 3.63) is 0 Å². The van der Waals surface area contributed by atoms with Crippen molar-refractivity contribution in [1.82, 2.24) is 9.80 Å². The lowest BCUT2D eigenvalue weighted by Gasteiger charge is -2.59. The zero-order valence-electron chi connectivity index (χ0n) is 12.0. The van der Waals surface area contributed by atoms with Crippen molar-refractivity contribution in [2.75, 3.05) is 26.2 Å². The maximum Gasteiger partial charge on any atom is 0.0673 e. The van der Waals surface area contributed by atoms with Crippen LogP contribution in [0.2, 0.25) is 0 Å². The van der Waals surface area contributed by atoms with Crippen LogP contribution < -0.4 is 0 Å². The Morgan fingerprint density at radius 1 is 0.882 bits per heavy atom. The largest absolute Gasteiger partial charge is 0.298 e. The Labute approximate surface area is 120 Å². The van der Waals surface area contributed by atoms with E-state index in [-0.39, 0.29) is 0 Å². The highest BCUT2D eigenvalue weighted by atomic mass is 127. The van der Waals surface area contributed by atoms with Crippen LogP contribution in [0, 0.1) is 5.41 Å². The highest BCUT2D eigenvalue weighted by molar-refractivity contribution is 14.1. The third-order valence-corrected chi connectivity index (χ3v) is 5.26. The minimum absolute atomic E-state index is 0.337. The van der Waals surface area contributed by atoms with Gasteiger partial charge in [0, 0.05) is 18.6 Å². The molecule has 2 aliphatic heterocycles. The van der Waals surface area contributed by atoms with E-state index in [1.165, 1.54) is 39.0 Å². The molecule has 17 heavy (non-hydrogen) atoms. The third-order valence-electron chi connectivity index (χ3n) is 4.58. The second-order valence-electron chi connectivity index (χ2n) is 7.42. The van der Waals surface area contributed by atoms with Gasteiger partial charge >= 0.3 is 0 Å². The molecule has 100 valence electrons. The van der Waals surface area contributed by atoms with E-state index in [0.717, 1.165) is 0 Å². The number of hydrogen-bond acceptors (Lipinski definition) is 2. The van der Waals surface area contributed by atoms with E-state index in [9.17, 15) is 0 Å². The molecular weight excluding hydrogens is 323 g/mol. The molecule has 0 aliphatic carbocycles. The number of rotatable bonds is 1. The Bertz CT molecular complexity index is 272. The summed E-state index contributed by atoms with van der Waals surface area (Å²) in [5.74, 6) is 0. The fraction of sp³-hybridized carbons (Fsp3) is 1.00. The van der Waals surface area contributed by atoms with Gasteiger partial charge in [0.25, 0.3) is 0 Å². The number of alkyl halides is 1. The molecule has 2 fully saturated rings. The van der Waals surface area contributed by atoms with E-state index < -0.39 is 0 Å². The van der Waals surface area contributed by atoms with Crippen LogP contribution in [0.4, 0.5) is 0 Å². The van der Waals surface area contributed by atoms with Crippen molar-refractivity contribution in [3.8, 4) is 0 Å². The van der Waals surface area contributed by atoms with Crippen molar-refractivity contribution in [3.63, 3.8) is 0 Å². The molecule has 0 aromatic heterocycles. The van der Waals surface area contributed by atoms with Crippen LogP contribution in [0.25, 0.3) is 0 Å². The molecule has 0 radical (unpaired) electrons. The lowest BCUT2D eigenvalue weighted by molar-refractivity contribution is -0.0785. The lowest BCUT2D eigenvalue weighted by Crippen LogP contribution is -2.65. The summed E-state index contributed by atoms with van der Waals surface area (Å²) in [6, 6.07) is 0. The number of likely N-dealkylation sites (tertiary alicyclic amines) is 2. The van der Waals surface area contributed by atoms with Crippen molar-refractivity contribution < 1.29 is 0 Å². The Morgan fingerprint density at radius 2 is 1.35 bits per heavy atom. The van der Waals surface area contributed by atoms with Crippen LogP contribution in [-0.4, -0.2) is 45.1 Å². The van der Waals surface area contributed by atoms with Crippen molar-refractivity contribution in [1.29, 1.82) is 0 Å². The molecule has 2 heterocycles. The van der Waals surface area contributed by atoms with Crippen LogP contribution in [0.1, 0.15) is 47.5 Å². The average Bonchev–Trinajstić information content (AvgIpc) is 2.11. The number of halogens is 1. The second kappa shape index (κ2) is 4.34. The standard InChI is InChI=1S/C14H27IN2/c1-12(2,3)16-8-6-14(7-9-16)10-17(11-14)13(4,5)15/h6-11H2,1-5H3. The molecule has 0 bridgehead atoms. The molecule has 0 amide bonds. The van der Waals surface area contributed by atoms with Crippen molar-refractivity contribution >= 4 is 22.6 Å². The molecule has 2 nitrogen and oxygen atoms in total. The van der Waals surface area contributed by atoms with Gasteiger partial charge in [0.15, 0.2) is 0 Å². The number of hydrogen-bond donors (Lipinski definition) is 0. The summed E-state index contributed by atoms with van der Waals surface area (Å²) < 4.78 is 0.337. The monoisotopic (exact) mass is 350 g/mol. The van der Waals surface area contributed by atoms with Crippen molar-refractivity contribution in [2.24, 2.45) is 5.41 Å². The highest BCUT2D eigenvalue weighted by Crippen LogP contribution is 2.45. The summed E-state index contributed by atoms with van der Waals surface area (Å²) in [4.78, 5) is 5.27. The molecule has 0 aromatic rings. The van der Waals surface area contributed by atoms with Gasteiger partial charge in [-0.15, -0.1) is 0 Å². The molecule has 0 aromatic carbocycles. The SMILES string of the molecule is CC(C)(C)N1CCC2(CC1)CN(C(C)(C)I)C2. The summed E-state index contributed by atoms with van der Waals surface area (Å²) in [7, 11) is 0. The van der Waals surface area contributed by atoms with Gasteiger partial charge in [-0.1, -0.05) is 22.6 Å². The fourth-order valence-electron chi connectivity index (χ4n) is 3.11. The zero-order valence-corrected chi connectivity index (χ0v) is 14.2. The summed E-state index contributed by atoms with van der Waals surface area (Å²) in [5, 5.41) is 0. The number of piperidine rings is 1. The summed E-state index contributed by atoms with van der Waals surface area (Å²) in [6.45, 7) is 16.9. The molecule has 3 heteroatoms. The molecule has 0 atom stereocenters. The zero-order chi connectivity index (χ0) is 12.9. The molecule has 2 saturated heterocycles. The van der Waals surface area contributed by atoms with Crippen LogP contribution in [0.3, 0.4) is 0 Å². The van der Waals surface area contributed by atoms with E-state index in [1.54, 1.807) is 0 Å². The first-order chi connectivity index (χ1) is 7.62. The van der Waals surface area contributed by atoms with E-state index in [4.69, 9.17) is 0 Å². The van der Waals surface area contributed by atoms with Gasteiger partial charge in [-0.25, -0.2) is 0 Å². The predicted molar refractivity (Wildman–Crippen MR) is 82.7 cm³/mol. The van der Waals surface area contributed by atoms with E-state index in [0.29, 0.717) is 14.5 Å². The van der Waals surface area contributed by atoms with Crippen LogP contribution in [-0.2, 0) is 0 Å². The smallest absolute Gasteiger partial charge is 0.0673 e. The maximum absolute atomic E-state index is 2.65. The molecule has 0 saturated carbocycles. The molecule has 0 N–H and O–H groups in total. The molecule has 1 spiro atoms. The van der Waals surface area contributed by atoms with Gasteiger partial charge in [0.1, 0.15) is 0 Å².